The molecule has 0 amide bonds. The van der Waals surface area contributed by atoms with Crippen molar-refractivity contribution in [3.05, 3.63) is 35.9 Å². The topological polar surface area (TPSA) is 86.4 Å². The van der Waals surface area contributed by atoms with Crippen LogP contribution in [0, 0.1) is 0 Å². The van der Waals surface area contributed by atoms with E-state index >= 15 is 0 Å². The first-order chi connectivity index (χ1) is 6.13. The molecule has 0 aliphatic carbocycles. The average molecular weight is 180 g/mol. The predicted molar refractivity (Wildman–Crippen MR) is 44.4 cm³/mol. The Bertz CT molecular complexity index is 286. The normalized spacial score (nSPS) is 14.9. The van der Waals surface area contributed by atoms with Crippen molar-refractivity contribution < 1.29 is 15.0 Å². The Morgan fingerprint density at radius 2 is 1.92 bits per heavy atom. The van der Waals surface area contributed by atoms with Crippen molar-refractivity contribution in [2.24, 2.45) is 5.73 Å². The fourth-order valence-corrected chi connectivity index (χ4v) is 1.00. The Kier molecular flexibility index (Phi) is 3.00. The molecule has 4 nitrogen and oxygen atoms in total. The van der Waals surface area contributed by atoms with Gasteiger partial charge in [-0.25, -0.2) is 0 Å². The van der Waals surface area contributed by atoms with E-state index in [1.807, 2.05) is 0 Å². The molecular formula is C9H10NO3-. The van der Waals surface area contributed by atoms with Gasteiger partial charge in [0.2, 0.25) is 0 Å². The zero-order valence-electron chi connectivity index (χ0n) is 6.88. The Labute approximate surface area is 75.6 Å². The molecule has 4 heteroatoms. The lowest BCUT2D eigenvalue weighted by atomic mass is 10.0. The molecule has 0 bridgehead atoms. The summed E-state index contributed by atoms with van der Waals surface area (Å²) in [6, 6.07) is 7.58. The van der Waals surface area contributed by atoms with Gasteiger partial charge in [-0.2, -0.15) is 0 Å². The van der Waals surface area contributed by atoms with Crippen LogP contribution in [0.15, 0.2) is 30.3 Å². The van der Waals surface area contributed by atoms with E-state index in [1.54, 1.807) is 30.3 Å². The molecule has 0 radical (unpaired) electrons. The molecular weight excluding hydrogens is 170 g/mol. The van der Waals surface area contributed by atoms with Crippen LogP contribution in [0.25, 0.3) is 0 Å². The summed E-state index contributed by atoms with van der Waals surface area (Å²) in [5, 5.41) is 19.3. The Morgan fingerprint density at radius 1 is 1.38 bits per heavy atom. The second kappa shape index (κ2) is 4.02. The number of carboxylic acid groups (broad SMARTS) is 1. The largest absolute Gasteiger partial charge is 0.547 e. The number of hydrogen-bond donors (Lipinski definition) is 2. The van der Waals surface area contributed by atoms with E-state index in [9.17, 15) is 9.90 Å². The molecule has 0 saturated heterocycles. The minimum atomic E-state index is -1.66. The van der Waals surface area contributed by atoms with Crippen LogP contribution in [0.3, 0.4) is 0 Å². The van der Waals surface area contributed by atoms with Crippen LogP contribution >= 0.6 is 0 Å². The number of aliphatic hydroxyl groups excluding tert-OH is 1. The maximum Gasteiger partial charge on any atom is 0.112 e. The van der Waals surface area contributed by atoms with Crippen LogP contribution in [-0.2, 0) is 4.79 Å². The third-order valence-corrected chi connectivity index (χ3v) is 1.77. The van der Waals surface area contributed by atoms with Gasteiger partial charge in [0.15, 0.2) is 0 Å². The lowest BCUT2D eigenvalue weighted by molar-refractivity contribution is -0.315. The number of carbonyl (C=O) groups is 1. The summed E-state index contributed by atoms with van der Waals surface area (Å²) >= 11 is 0. The number of rotatable bonds is 3. The summed E-state index contributed by atoms with van der Waals surface area (Å²) in [5.74, 6) is -1.56. The van der Waals surface area contributed by atoms with Crippen LogP contribution < -0.4 is 10.8 Å². The van der Waals surface area contributed by atoms with Crippen LogP contribution in [0.4, 0.5) is 0 Å². The van der Waals surface area contributed by atoms with Gasteiger partial charge >= 0.3 is 0 Å². The molecule has 13 heavy (non-hydrogen) atoms. The number of nitrogens with two attached hydrogens (primary N) is 1. The van der Waals surface area contributed by atoms with Gasteiger partial charge in [-0.3, -0.25) is 0 Å². The maximum atomic E-state index is 10.3. The molecule has 2 atom stereocenters. The lowest BCUT2D eigenvalue weighted by Gasteiger charge is -2.19. The van der Waals surface area contributed by atoms with E-state index in [4.69, 9.17) is 10.8 Å². The first kappa shape index (κ1) is 9.70. The van der Waals surface area contributed by atoms with Gasteiger partial charge in [0.1, 0.15) is 6.10 Å². The van der Waals surface area contributed by atoms with E-state index in [1.165, 1.54) is 0 Å². The van der Waals surface area contributed by atoms with Crippen molar-refractivity contribution in [2.45, 2.75) is 12.1 Å². The molecule has 0 aliphatic rings. The number of benzene rings is 1. The Balaban J connectivity index is 2.79. The SMILES string of the molecule is NC(c1ccccc1)C(O)C(=O)[O-]. The standard InChI is InChI=1S/C9H11NO3/c10-7(8(11)9(12)13)6-4-2-1-3-5-6/h1-5,7-8,11H,10H2,(H,12,13)/p-1. The molecule has 0 aliphatic heterocycles. The first-order valence-corrected chi connectivity index (χ1v) is 3.82. The van der Waals surface area contributed by atoms with Gasteiger partial charge in [-0.05, 0) is 5.56 Å². The van der Waals surface area contributed by atoms with Gasteiger partial charge in [-0.15, -0.1) is 0 Å². The molecule has 1 rings (SSSR count). The molecule has 0 fully saturated rings. The number of aliphatic carboxylic acids is 1. The van der Waals surface area contributed by atoms with Gasteiger partial charge in [0, 0.05) is 0 Å². The van der Waals surface area contributed by atoms with E-state index in [-0.39, 0.29) is 0 Å². The van der Waals surface area contributed by atoms with Crippen molar-refractivity contribution in [3.63, 3.8) is 0 Å². The fraction of sp³-hybridized carbons (Fsp3) is 0.222. The highest BCUT2D eigenvalue weighted by molar-refractivity contribution is 5.71. The Morgan fingerprint density at radius 3 is 2.38 bits per heavy atom. The molecule has 1 aromatic rings. The highest BCUT2D eigenvalue weighted by Gasteiger charge is 2.16. The number of aliphatic hydroxyl groups is 1. The van der Waals surface area contributed by atoms with Gasteiger partial charge in [0.05, 0.1) is 12.0 Å². The molecule has 0 spiro atoms. The molecule has 0 heterocycles. The summed E-state index contributed by atoms with van der Waals surface area (Å²) in [4.78, 5) is 10.3. The van der Waals surface area contributed by atoms with Gasteiger partial charge < -0.3 is 20.7 Å². The Hall–Kier alpha value is -1.39. The van der Waals surface area contributed by atoms with Crippen molar-refractivity contribution >= 4 is 5.97 Å². The van der Waals surface area contributed by atoms with E-state index in [0.717, 1.165) is 0 Å². The molecule has 0 aromatic heterocycles. The molecule has 70 valence electrons. The van der Waals surface area contributed by atoms with E-state index in [0.29, 0.717) is 5.56 Å². The highest BCUT2D eigenvalue weighted by Crippen LogP contribution is 2.12. The summed E-state index contributed by atoms with van der Waals surface area (Å²) in [6.07, 6.45) is -1.66. The quantitative estimate of drug-likeness (QED) is 0.611. The second-order valence-corrected chi connectivity index (χ2v) is 2.70. The van der Waals surface area contributed by atoms with Crippen LogP contribution in [0.5, 0.6) is 0 Å². The first-order valence-electron chi connectivity index (χ1n) is 3.82. The lowest BCUT2D eigenvalue weighted by Crippen LogP contribution is -2.42. The smallest absolute Gasteiger partial charge is 0.112 e. The van der Waals surface area contributed by atoms with Crippen LogP contribution in [0.2, 0.25) is 0 Å². The van der Waals surface area contributed by atoms with E-state index < -0.39 is 18.1 Å². The van der Waals surface area contributed by atoms with Crippen molar-refractivity contribution in [1.29, 1.82) is 0 Å². The van der Waals surface area contributed by atoms with Crippen molar-refractivity contribution in [3.8, 4) is 0 Å². The number of carbonyl (C=O) groups excluding carboxylic acids is 1. The highest BCUT2D eigenvalue weighted by atomic mass is 16.4. The fourth-order valence-electron chi connectivity index (χ4n) is 1.00. The van der Waals surface area contributed by atoms with E-state index in [2.05, 4.69) is 0 Å². The average Bonchev–Trinajstić information content (AvgIpc) is 2.17. The zero-order valence-corrected chi connectivity index (χ0v) is 6.88. The summed E-state index contributed by atoms with van der Waals surface area (Å²) < 4.78 is 0. The molecule has 0 saturated carbocycles. The summed E-state index contributed by atoms with van der Waals surface area (Å²) in [6.45, 7) is 0. The van der Waals surface area contributed by atoms with Gasteiger partial charge in [0.25, 0.3) is 0 Å². The van der Waals surface area contributed by atoms with Crippen molar-refractivity contribution in [1.82, 2.24) is 0 Å². The monoisotopic (exact) mass is 180 g/mol. The van der Waals surface area contributed by atoms with Crippen molar-refractivity contribution in [2.75, 3.05) is 0 Å². The second-order valence-electron chi connectivity index (χ2n) is 2.70. The summed E-state index contributed by atoms with van der Waals surface area (Å²) in [7, 11) is 0. The van der Waals surface area contributed by atoms with Crippen LogP contribution in [0.1, 0.15) is 11.6 Å². The minimum Gasteiger partial charge on any atom is -0.547 e. The zero-order chi connectivity index (χ0) is 9.84. The molecule has 1 aromatic carbocycles. The predicted octanol–water partition coefficient (Wildman–Crippen LogP) is -1.20. The van der Waals surface area contributed by atoms with Crippen LogP contribution in [-0.4, -0.2) is 17.2 Å². The molecule has 2 unspecified atom stereocenters. The van der Waals surface area contributed by atoms with Gasteiger partial charge in [-0.1, -0.05) is 30.3 Å². The third kappa shape index (κ3) is 2.27. The summed E-state index contributed by atoms with van der Waals surface area (Å²) in [5.41, 5.74) is 6.04. The molecule has 3 N–H and O–H groups in total. The number of carboxylic acids is 1. The number of hydrogen-bond acceptors (Lipinski definition) is 4. The maximum absolute atomic E-state index is 10.3. The third-order valence-electron chi connectivity index (χ3n) is 1.77. The minimum absolute atomic E-state index is 0.569.